The van der Waals surface area contributed by atoms with Gasteiger partial charge in [-0.3, -0.25) is 0 Å². The number of para-hydroxylation sites is 1. The summed E-state index contributed by atoms with van der Waals surface area (Å²) in [6, 6.07) is 19.3. The predicted molar refractivity (Wildman–Crippen MR) is 110 cm³/mol. The lowest BCUT2D eigenvalue weighted by Crippen LogP contribution is -2.83. The number of hydrogen-bond acceptors (Lipinski definition) is 2. The lowest BCUT2D eigenvalue weighted by atomic mass is 9.68. The van der Waals surface area contributed by atoms with Crippen LogP contribution in [0, 0.1) is 5.92 Å². The highest BCUT2D eigenvalue weighted by atomic mass is 16.5. The summed E-state index contributed by atoms with van der Waals surface area (Å²) >= 11 is 0. The maximum atomic E-state index is 6.11. The maximum Gasteiger partial charge on any atom is 0.122 e. The second-order valence-electron chi connectivity index (χ2n) is 8.11. The average molecular weight is 369 g/mol. The van der Waals surface area contributed by atoms with Gasteiger partial charge in [0.15, 0.2) is 0 Å². The maximum absolute atomic E-state index is 6.11. The molecule has 2 N–H and O–H groups in total. The third-order valence-corrected chi connectivity index (χ3v) is 5.98. The molecule has 0 aromatic heterocycles. The molecule has 1 saturated heterocycles. The van der Waals surface area contributed by atoms with Gasteiger partial charge in [-0.05, 0) is 24.8 Å². The van der Waals surface area contributed by atoms with Crippen molar-refractivity contribution in [3.05, 3.63) is 65.7 Å². The highest BCUT2D eigenvalue weighted by Crippen LogP contribution is 2.44. The van der Waals surface area contributed by atoms with E-state index in [0.29, 0.717) is 12.0 Å². The van der Waals surface area contributed by atoms with Crippen molar-refractivity contribution < 1.29 is 14.8 Å². The lowest BCUT2D eigenvalue weighted by Gasteiger charge is -2.43. The van der Waals surface area contributed by atoms with E-state index >= 15 is 0 Å². The molecule has 3 heteroatoms. The zero-order valence-corrected chi connectivity index (χ0v) is 17.0. The standard InChI is InChI=1S/C24H33NO2/c1-19(2)23-17-24(14-16-27-23,21-11-7-8-12-22(21)26-3)13-15-25-18-20-9-5-4-6-10-20/h4-12,19,23,25H,13-18H2,1-3H3/p+1/t23-,24-/m1/s1. The zero-order valence-electron chi connectivity index (χ0n) is 17.0. The lowest BCUT2D eigenvalue weighted by molar-refractivity contribution is -0.671. The molecular weight excluding hydrogens is 334 g/mol. The van der Waals surface area contributed by atoms with Gasteiger partial charge in [0.05, 0.1) is 19.8 Å². The van der Waals surface area contributed by atoms with Gasteiger partial charge in [0.1, 0.15) is 12.3 Å². The first kappa shape index (κ1) is 19.9. The fraction of sp³-hybridized carbons (Fsp3) is 0.500. The summed E-state index contributed by atoms with van der Waals surface area (Å²) in [5.41, 5.74) is 2.87. The van der Waals surface area contributed by atoms with Crippen molar-refractivity contribution in [2.45, 2.75) is 51.2 Å². The van der Waals surface area contributed by atoms with Gasteiger partial charge in [-0.2, -0.15) is 0 Å². The van der Waals surface area contributed by atoms with Gasteiger partial charge in [-0.25, -0.2) is 0 Å². The number of methoxy groups -OCH3 is 1. The topological polar surface area (TPSA) is 35.1 Å². The van der Waals surface area contributed by atoms with Gasteiger partial charge in [-0.1, -0.05) is 62.4 Å². The Balaban J connectivity index is 1.75. The number of quaternary nitrogens is 1. The summed E-state index contributed by atoms with van der Waals surface area (Å²) in [6.07, 6.45) is 3.60. The van der Waals surface area contributed by atoms with Crippen molar-refractivity contribution in [2.75, 3.05) is 20.3 Å². The Labute approximate surface area is 164 Å². The number of nitrogens with two attached hydrogens (primary N) is 1. The zero-order chi connectivity index (χ0) is 19.1. The van der Waals surface area contributed by atoms with Gasteiger partial charge in [-0.15, -0.1) is 0 Å². The molecule has 3 nitrogen and oxygen atoms in total. The van der Waals surface area contributed by atoms with Gasteiger partial charge in [0.25, 0.3) is 0 Å². The van der Waals surface area contributed by atoms with Crippen LogP contribution >= 0.6 is 0 Å². The Morgan fingerprint density at radius 2 is 1.85 bits per heavy atom. The third kappa shape index (κ3) is 4.91. The molecule has 0 amide bonds. The summed E-state index contributed by atoms with van der Waals surface area (Å²) in [5, 5.41) is 2.44. The molecule has 146 valence electrons. The van der Waals surface area contributed by atoms with Crippen molar-refractivity contribution in [3.63, 3.8) is 0 Å². The Morgan fingerprint density at radius 3 is 2.59 bits per heavy atom. The number of ether oxygens (including phenoxy) is 2. The molecule has 1 aliphatic rings. The molecule has 1 aliphatic heterocycles. The van der Waals surface area contributed by atoms with E-state index in [1.165, 1.54) is 11.1 Å². The highest BCUT2D eigenvalue weighted by Gasteiger charge is 2.41. The molecule has 2 aromatic carbocycles. The molecule has 0 aliphatic carbocycles. The van der Waals surface area contributed by atoms with Crippen LogP contribution < -0.4 is 10.1 Å². The minimum absolute atomic E-state index is 0.132. The second-order valence-corrected chi connectivity index (χ2v) is 8.11. The third-order valence-electron chi connectivity index (χ3n) is 5.98. The molecule has 0 saturated carbocycles. The predicted octanol–water partition coefficient (Wildman–Crippen LogP) is 3.92. The molecular formula is C24H34NO2+. The summed E-state index contributed by atoms with van der Waals surface area (Å²) in [5.74, 6) is 1.55. The van der Waals surface area contributed by atoms with Gasteiger partial charge in [0, 0.05) is 29.6 Å². The van der Waals surface area contributed by atoms with Crippen LogP contribution in [0.3, 0.4) is 0 Å². The van der Waals surface area contributed by atoms with Crippen LogP contribution in [0.2, 0.25) is 0 Å². The monoisotopic (exact) mass is 368 g/mol. The van der Waals surface area contributed by atoms with Crippen molar-refractivity contribution in [1.82, 2.24) is 0 Å². The fourth-order valence-electron chi connectivity index (χ4n) is 4.33. The summed E-state index contributed by atoms with van der Waals surface area (Å²) in [4.78, 5) is 0. The van der Waals surface area contributed by atoms with Crippen LogP contribution in [0.15, 0.2) is 54.6 Å². The first-order chi connectivity index (χ1) is 13.1. The Bertz CT molecular complexity index is 701. The number of rotatable bonds is 8. The van der Waals surface area contributed by atoms with Crippen LogP contribution in [-0.2, 0) is 16.7 Å². The van der Waals surface area contributed by atoms with E-state index < -0.39 is 0 Å². The van der Waals surface area contributed by atoms with Gasteiger partial charge >= 0.3 is 0 Å². The molecule has 1 fully saturated rings. The summed E-state index contributed by atoms with van der Waals surface area (Å²) < 4.78 is 11.9. The normalized spacial score (nSPS) is 22.7. The second kappa shape index (κ2) is 9.38. The molecule has 2 aromatic rings. The Hall–Kier alpha value is -1.84. The molecule has 0 bridgehead atoms. The first-order valence-electron chi connectivity index (χ1n) is 10.3. The highest BCUT2D eigenvalue weighted by molar-refractivity contribution is 5.40. The Morgan fingerprint density at radius 1 is 1.11 bits per heavy atom. The van der Waals surface area contributed by atoms with Crippen LogP contribution in [0.1, 0.15) is 44.2 Å². The average Bonchev–Trinajstić information content (AvgIpc) is 2.72. The van der Waals surface area contributed by atoms with Crippen LogP contribution in [-0.4, -0.2) is 26.4 Å². The van der Waals surface area contributed by atoms with Crippen molar-refractivity contribution in [2.24, 2.45) is 5.92 Å². The van der Waals surface area contributed by atoms with E-state index in [2.05, 4.69) is 73.8 Å². The van der Waals surface area contributed by atoms with Crippen molar-refractivity contribution in [1.29, 1.82) is 0 Å². The largest absolute Gasteiger partial charge is 0.496 e. The molecule has 0 spiro atoms. The van der Waals surface area contributed by atoms with E-state index in [1.807, 2.05) is 0 Å². The van der Waals surface area contributed by atoms with Crippen LogP contribution in [0.4, 0.5) is 0 Å². The summed E-state index contributed by atoms with van der Waals surface area (Å²) in [7, 11) is 1.79. The van der Waals surface area contributed by atoms with Crippen molar-refractivity contribution in [3.8, 4) is 5.75 Å². The molecule has 2 atom stereocenters. The van der Waals surface area contributed by atoms with Crippen molar-refractivity contribution >= 4 is 0 Å². The minimum Gasteiger partial charge on any atom is -0.496 e. The summed E-state index contributed by atoms with van der Waals surface area (Å²) in [6.45, 7) is 7.51. The minimum atomic E-state index is 0.132. The van der Waals surface area contributed by atoms with Crippen LogP contribution in [0.25, 0.3) is 0 Å². The fourth-order valence-corrected chi connectivity index (χ4v) is 4.33. The molecule has 1 heterocycles. The Kier molecular flexibility index (Phi) is 6.92. The molecule has 3 rings (SSSR count). The van der Waals surface area contributed by atoms with Crippen LogP contribution in [0.5, 0.6) is 5.75 Å². The van der Waals surface area contributed by atoms with Gasteiger partial charge < -0.3 is 14.8 Å². The van der Waals surface area contributed by atoms with E-state index in [0.717, 1.165) is 44.7 Å². The van der Waals surface area contributed by atoms with E-state index in [9.17, 15) is 0 Å². The van der Waals surface area contributed by atoms with E-state index in [1.54, 1.807) is 7.11 Å². The van der Waals surface area contributed by atoms with Gasteiger partial charge in [0.2, 0.25) is 0 Å². The van der Waals surface area contributed by atoms with E-state index in [-0.39, 0.29) is 5.41 Å². The molecule has 0 unspecified atom stereocenters. The first-order valence-corrected chi connectivity index (χ1v) is 10.3. The molecule has 27 heavy (non-hydrogen) atoms. The number of hydrogen-bond donors (Lipinski definition) is 1. The SMILES string of the molecule is COc1ccccc1[C@]1(CC[NH2+]Cc2ccccc2)CCO[C@@H](C(C)C)C1. The smallest absolute Gasteiger partial charge is 0.122 e. The quantitative estimate of drug-likeness (QED) is 0.717. The number of benzene rings is 2. The molecule has 0 radical (unpaired) electrons. The van der Waals surface area contributed by atoms with E-state index in [4.69, 9.17) is 9.47 Å².